The van der Waals surface area contributed by atoms with Gasteiger partial charge in [-0.2, -0.15) is 18.3 Å². The van der Waals surface area contributed by atoms with Crippen LogP contribution in [0.1, 0.15) is 22.8 Å². The summed E-state index contributed by atoms with van der Waals surface area (Å²) in [4.78, 5) is 16.4. The van der Waals surface area contributed by atoms with Crippen LogP contribution in [0.15, 0.2) is 42.5 Å². The molecule has 9 heteroatoms. The molecular formula is C22H21F3N4O2. The zero-order valence-corrected chi connectivity index (χ0v) is 17.0. The van der Waals surface area contributed by atoms with Crippen LogP contribution in [0.2, 0.25) is 0 Å². The second-order valence-corrected chi connectivity index (χ2v) is 7.45. The van der Waals surface area contributed by atoms with Gasteiger partial charge in [0.25, 0.3) is 0 Å². The molecule has 0 fully saturated rings. The van der Waals surface area contributed by atoms with E-state index in [-0.39, 0.29) is 30.7 Å². The van der Waals surface area contributed by atoms with E-state index in [9.17, 15) is 18.0 Å². The molecule has 1 N–H and O–H groups in total. The number of carbonyl (C=O) groups excluding carboxylic acids is 1. The van der Waals surface area contributed by atoms with Crippen molar-refractivity contribution >= 4 is 5.91 Å². The first kappa shape index (κ1) is 20.9. The number of nitrogens with zero attached hydrogens (tertiary/aromatic N) is 3. The lowest BCUT2D eigenvalue weighted by atomic mass is 9.96. The number of benzene rings is 2. The molecule has 1 aliphatic rings. The van der Waals surface area contributed by atoms with Gasteiger partial charge >= 0.3 is 6.18 Å². The van der Waals surface area contributed by atoms with Gasteiger partial charge in [0.05, 0.1) is 12.1 Å². The molecule has 6 nitrogen and oxygen atoms in total. The zero-order chi connectivity index (χ0) is 22.2. The summed E-state index contributed by atoms with van der Waals surface area (Å²) >= 11 is 0. The maximum Gasteiger partial charge on any atom is 0.417 e. The van der Waals surface area contributed by atoms with Crippen molar-refractivity contribution in [1.29, 1.82) is 0 Å². The van der Waals surface area contributed by atoms with Crippen molar-refractivity contribution in [3.63, 3.8) is 0 Å². The van der Waals surface area contributed by atoms with Crippen LogP contribution in [0.4, 0.5) is 13.2 Å². The fraction of sp³-hybridized carbons (Fsp3) is 0.318. The van der Waals surface area contributed by atoms with Crippen LogP contribution in [0.25, 0.3) is 11.1 Å². The topological polar surface area (TPSA) is 69.0 Å². The van der Waals surface area contributed by atoms with Crippen LogP contribution in [0, 0.1) is 13.8 Å². The molecule has 2 heterocycles. The Morgan fingerprint density at radius 3 is 2.61 bits per heavy atom. The minimum absolute atomic E-state index is 0.0382. The third-order valence-corrected chi connectivity index (χ3v) is 5.13. The number of para-hydroxylation sites is 1. The van der Waals surface area contributed by atoms with Gasteiger partial charge in [0.15, 0.2) is 0 Å². The first-order valence-corrected chi connectivity index (χ1v) is 9.82. The molecular weight excluding hydrogens is 409 g/mol. The number of halogens is 3. The summed E-state index contributed by atoms with van der Waals surface area (Å²) in [5.41, 5.74) is 0.584. The molecule has 2 aromatic carbocycles. The number of alkyl halides is 3. The van der Waals surface area contributed by atoms with Gasteiger partial charge in [-0.05, 0) is 31.0 Å². The van der Waals surface area contributed by atoms with E-state index >= 15 is 0 Å². The Hall–Kier alpha value is -3.36. The van der Waals surface area contributed by atoms with Crippen molar-refractivity contribution in [2.75, 3.05) is 6.54 Å². The molecule has 0 saturated heterocycles. The van der Waals surface area contributed by atoms with Gasteiger partial charge < -0.3 is 10.1 Å². The summed E-state index contributed by atoms with van der Waals surface area (Å²) in [5.74, 6) is 1.42. The molecule has 1 aliphatic heterocycles. The van der Waals surface area contributed by atoms with Gasteiger partial charge in [0.2, 0.25) is 5.91 Å². The maximum absolute atomic E-state index is 13.5. The lowest BCUT2D eigenvalue weighted by molar-refractivity contribution is -0.137. The quantitative estimate of drug-likeness (QED) is 0.670. The molecule has 162 valence electrons. The standard InChI is InChI=1S/C22H21F3N4O2/c1-13-27-14(2)29(28-13)12-20(30)26-11-16-10-15-6-5-8-18(21(15)31-16)17-7-3-4-9-19(17)22(23,24)25/h3-9,16H,10-12H2,1-2H3,(H,26,30). The molecule has 3 aromatic rings. The molecule has 1 aromatic heterocycles. The van der Waals surface area contributed by atoms with E-state index in [4.69, 9.17) is 4.74 Å². The molecule has 31 heavy (non-hydrogen) atoms. The lowest BCUT2D eigenvalue weighted by Gasteiger charge is -2.16. The zero-order valence-electron chi connectivity index (χ0n) is 17.0. The first-order valence-electron chi connectivity index (χ1n) is 9.82. The van der Waals surface area contributed by atoms with Gasteiger partial charge in [-0.3, -0.25) is 4.79 Å². The number of fused-ring (bicyclic) bond motifs is 1. The fourth-order valence-corrected chi connectivity index (χ4v) is 3.76. The van der Waals surface area contributed by atoms with Gasteiger partial charge in [0, 0.05) is 12.0 Å². The predicted octanol–water partition coefficient (Wildman–Crippen LogP) is 3.70. The Bertz CT molecular complexity index is 1120. The van der Waals surface area contributed by atoms with E-state index < -0.39 is 11.7 Å². The smallest absolute Gasteiger partial charge is 0.417 e. The van der Waals surface area contributed by atoms with Crippen molar-refractivity contribution in [2.45, 2.75) is 39.1 Å². The molecule has 1 atom stereocenters. The predicted molar refractivity (Wildman–Crippen MR) is 108 cm³/mol. The fourth-order valence-electron chi connectivity index (χ4n) is 3.76. The summed E-state index contributed by atoms with van der Waals surface area (Å²) in [6, 6.07) is 10.6. The number of aromatic nitrogens is 3. The third-order valence-electron chi connectivity index (χ3n) is 5.13. The number of carbonyl (C=O) groups is 1. The lowest BCUT2D eigenvalue weighted by Crippen LogP contribution is -2.36. The third kappa shape index (κ3) is 4.40. The summed E-state index contributed by atoms with van der Waals surface area (Å²) < 4.78 is 47.9. The highest BCUT2D eigenvalue weighted by Crippen LogP contribution is 2.43. The second kappa shape index (κ2) is 8.05. The molecule has 1 unspecified atom stereocenters. The number of hydrogen-bond acceptors (Lipinski definition) is 4. The molecule has 0 radical (unpaired) electrons. The Balaban J connectivity index is 1.47. The molecule has 0 saturated carbocycles. The second-order valence-electron chi connectivity index (χ2n) is 7.45. The maximum atomic E-state index is 13.5. The average molecular weight is 430 g/mol. The van der Waals surface area contributed by atoms with Crippen LogP contribution in [-0.4, -0.2) is 33.3 Å². The first-order chi connectivity index (χ1) is 14.7. The minimum Gasteiger partial charge on any atom is -0.487 e. The number of nitrogens with one attached hydrogen (secondary N) is 1. The minimum atomic E-state index is -4.47. The van der Waals surface area contributed by atoms with Gasteiger partial charge in [-0.15, -0.1) is 0 Å². The number of amides is 1. The van der Waals surface area contributed by atoms with Crippen LogP contribution < -0.4 is 10.1 Å². The Morgan fingerprint density at radius 2 is 1.90 bits per heavy atom. The van der Waals surface area contributed by atoms with Crippen LogP contribution >= 0.6 is 0 Å². The number of aryl methyl sites for hydroxylation is 2. The monoisotopic (exact) mass is 430 g/mol. The summed E-state index contributed by atoms with van der Waals surface area (Å²) in [6.45, 7) is 3.79. The van der Waals surface area contributed by atoms with Crippen molar-refractivity contribution in [3.05, 3.63) is 65.2 Å². The molecule has 0 spiro atoms. The molecule has 1 amide bonds. The molecule has 0 aliphatic carbocycles. The van der Waals surface area contributed by atoms with Crippen molar-refractivity contribution in [2.24, 2.45) is 0 Å². The van der Waals surface area contributed by atoms with Crippen molar-refractivity contribution in [3.8, 4) is 16.9 Å². The van der Waals surface area contributed by atoms with E-state index in [0.717, 1.165) is 11.6 Å². The highest BCUT2D eigenvalue weighted by atomic mass is 19.4. The average Bonchev–Trinajstić information content (AvgIpc) is 3.27. The Kier molecular flexibility index (Phi) is 5.43. The highest BCUT2D eigenvalue weighted by molar-refractivity contribution is 5.77. The number of ether oxygens (including phenoxy) is 1. The summed E-state index contributed by atoms with van der Waals surface area (Å²) in [5, 5.41) is 6.96. The van der Waals surface area contributed by atoms with E-state index in [1.165, 1.54) is 16.8 Å². The van der Waals surface area contributed by atoms with Crippen molar-refractivity contribution < 1.29 is 22.7 Å². The number of rotatable bonds is 5. The molecule has 4 rings (SSSR count). The van der Waals surface area contributed by atoms with Crippen LogP contribution in [0.3, 0.4) is 0 Å². The van der Waals surface area contributed by atoms with E-state index in [1.54, 1.807) is 32.0 Å². The van der Waals surface area contributed by atoms with E-state index in [0.29, 0.717) is 29.4 Å². The molecule has 0 bridgehead atoms. The highest BCUT2D eigenvalue weighted by Gasteiger charge is 2.35. The Labute approximate surface area is 177 Å². The normalized spacial score (nSPS) is 15.5. The van der Waals surface area contributed by atoms with Gasteiger partial charge in [-0.1, -0.05) is 36.4 Å². The SMILES string of the molecule is Cc1nc(C)n(CC(=O)NCC2Cc3cccc(-c4ccccc4C(F)(F)F)c3O2)n1. The van der Waals surface area contributed by atoms with Gasteiger partial charge in [-0.25, -0.2) is 9.67 Å². The Morgan fingerprint density at radius 1 is 1.16 bits per heavy atom. The summed E-state index contributed by atoms with van der Waals surface area (Å²) in [7, 11) is 0. The van der Waals surface area contributed by atoms with Crippen molar-refractivity contribution in [1.82, 2.24) is 20.1 Å². The van der Waals surface area contributed by atoms with Crippen LogP contribution in [-0.2, 0) is 23.9 Å². The van der Waals surface area contributed by atoms with E-state index in [2.05, 4.69) is 15.4 Å². The summed E-state index contributed by atoms with van der Waals surface area (Å²) in [6.07, 6.45) is -4.33. The number of hydrogen-bond donors (Lipinski definition) is 1. The van der Waals surface area contributed by atoms with Crippen LogP contribution in [0.5, 0.6) is 5.75 Å². The van der Waals surface area contributed by atoms with Gasteiger partial charge in [0.1, 0.15) is 30.0 Å². The van der Waals surface area contributed by atoms with E-state index in [1.807, 2.05) is 6.07 Å². The largest absolute Gasteiger partial charge is 0.487 e.